The summed E-state index contributed by atoms with van der Waals surface area (Å²) in [6.07, 6.45) is 0.668. The van der Waals surface area contributed by atoms with Crippen molar-refractivity contribution < 1.29 is 14.3 Å². The normalized spacial score (nSPS) is 15.8. The lowest BCUT2D eigenvalue weighted by Gasteiger charge is -2.30. The zero-order valence-electron chi connectivity index (χ0n) is 19.4. The first-order valence-corrected chi connectivity index (χ1v) is 11.0. The molecule has 1 heterocycles. The maximum Gasteiger partial charge on any atom is 0.293 e. The van der Waals surface area contributed by atoms with Crippen LogP contribution in [0.5, 0.6) is 0 Å². The summed E-state index contributed by atoms with van der Waals surface area (Å²) in [6, 6.07) is 15.0. The van der Waals surface area contributed by atoms with E-state index in [2.05, 4.69) is 9.73 Å². The highest BCUT2D eigenvalue weighted by Crippen LogP contribution is 2.27. The summed E-state index contributed by atoms with van der Waals surface area (Å²) in [7, 11) is 0. The number of halogens is 1. The van der Waals surface area contributed by atoms with Crippen LogP contribution in [-0.2, 0) is 14.3 Å². The predicted octanol–water partition coefficient (Wildman–Crippen LogP) is 5.60. The molecule has 0 saturated carbocycles. The number of piperidine rings is 1. The predicted molar refractivity (Wildman–Crippen MR) is 133 cm³/mol. The topological polar surface area (TPSA) is 85.0 Å². The van der Waals surface area contributed by atoms with Gasteiger partial charge in [0, 0.05) is 28.5 Å². The molecule has 0 aromatic heterocycles. The fraction of sp³-hybridized carbons (Fsp3) is 0.320. The Hall–Kier alpha value is -3.12. The Morgan fingerprint density at radius 1 is 1.22 bits per heavy atom. The molecular formula is C25H32ClN3O3. The van der Waals surface area contributed by atoms with E-state index in [1.54, 1.807) is 30.9 Å². The lowest BCUT2D eigenvalue weighted by Crippen LogP contribution is -2.43. The van der Waals surface area contributed by atoms with Gasteiger partial charge in [0.25, 0.3) is 12.4 Å². The number of aryl methyl sites for hydroxylation is 1. The van der Waals surface area contributed by atoms with Gasteiger partial charge in [0.05, 0.1) is 12.3 Å². The molecule has 1 saturated heterocycles. The van der Waals surface area contributed by atoms with Crippen LogP contribution in [0.4, 0.5) is 11.4 Å². The number of hydrogen-bond donors (Lipinski definition) is 1. The van der Waals surface area contributed by atoms with Crippen molar-refractivity contribution in [3.8, 4) is 0 Å². The van der Waals surface area contributed by atoms with Crippen molar-refractivity contribution in [3.63, 3.8) is 0 Å². The molecule has 1 aliphatic heterocycles. The monoisotopic (exact) mass is 457 g/mol. The molecule has 1 fully saturated rings. The molecule has 172 valence electrons. The third-order valence-corrected chi connectivity index (χ3v) is 4.63. The molecule has 0 radical (unpaired) electrons. The number of rotatable bonds is 4. The summed E-state index contributed by atoms with van der Waals surface area (Å²) in [6.45, 7) is 11.1. The van der Waals surface area contributed by atoms with Gasteiger partial charge in [0.1, 0.15) is 5.71 Å². The molecule has 6 nitrogen and oxygen atoms in total. The zero-order chi connectivity index (χ0) is 24.1. The fourth-order valence-corrected chi connectivity index (χ4v) is 3.17. The number of amides is 1. The molecule has 2 N–H and O–H groups in total. The Labute approximate surface area is 195 Å². The van der Waals surface area contributed by atoms with E-state index in [0.29, 0.717) is 48.2 Å². The van der Waals surface area contributed by atoms with Crippen LogP contribution in [0.1, 0.15) is 39.7 Å². The third kappa shape index (κ3) is 7.85. The second-order valence-electron chi connectivity index (χ2n) is 6.70. The molecule has 0 spiro atoms. The van der Waals surface area contributed by atoms with Gasteiger partial charge < -0.3 is 15.4 Å². The van der Waals surface area contributed by atoms with Crippen LogP contribution in [-0.4, -0.2) is 31.2 Å². The maximum absolute atomic E-state index is 13.1. The highest BCUT2D eigenvalue weighted by molar-refractivity contribution is 6.50. The number of ether oxygens (including phenoxy) is 1. The molecule has 0 bridgehead atoms. The Balaban J connectivity index is 0.000000646. The van der Waals surface area contributed by atoms with Gasteiger partial charge in [-0.25, -0.2) is 4.99 Å². The van der Waals surface area contributed by atoms with E-state index >= 15 is 0 Å². The van der Waals surface area contributed by atoms with Gasteiger partial charge >= 0.3 is 0 Å². The average molecular weight is 458 g/mol. The Kier molecular flexibility index (Phi) is 11.8. The van der Waals surface area contributed by atoms with E-state index in [4.69, 9.17) is 17.3 Å². The van der Waals surface area contributed by atoms with Crippen molar-refractivity contribution in [1.82, 2.24) is 0 Å². The minimum absolute atomic E-state index is 0.142. The Morgan fingerprint density at radius 3 is 2.44 bits per heavy atom. The minimum Gasteiger partial charge on any atom is -0.468 e. The quantitative estimate of drug-likeness (QED) is 0.606. The van der Waals surface area contributed by atoms with E-state index in [0.717, 1.165) is 16.8 Å². The van der Waals surface area contributed by atoms with Crippen molar-refractivity contribution in [2.24, 2.45) is 10.7 Å². The number of carbonyl (C=O) groups is 2. The minimum atomic E-state index is -0.142. The highest BCUT2D eigenvalue weighted by Gasteiger charge is 2.30. The number of carbonyl (C=O) groups excluding carboxylic acids is 2. The van der Waals surface area contributed by atoms with Crippen LogP contribution in [0.2, 0.25) is 5.02 Å². The van der Waals surface area contributed by atoms with Gasteiger partial charge in [-0.3, -0.25) is 9.59 Å². The summed E-state index contributed by atoms with van der Waals surface area (Å²) in [5.74, 6) is -0.142. The molecule has 32 heavy (non-hydrogen) atoms. The van der Waals surface area contributed by atoms with Crippen LogP contribution in [0.25, 0.3) is 0 Å². The number of hydrogen-bond acceptors (Lipinski definition) is 5. The van der Waals surface area contributed by atoms with Crippen molar-refractivity contribution in [3.05, 3.63) is 70.4 Å². The van der Waals surface area contributed by atoms with Crippen molar-refractivity contribution in [1.29, 1.82) is 0 Å². The third-order valence-electron chi connectivity index (χ3n) is 4.39. The molecule has 2 aromatic rings. The first-order valence-electron chi connectivity index (χ1n) is 10.6. The number of nitrogens with two attached hydrogens (primary N) is 1. The second-order valence-corrected chi connectivity index (χ2v) is 7.14. The molecule has 1 aliphatic rings. The number of aliphatic imine (C=N–C) groups is 1. The average Bonchev–Trinajstić information content (AvgIpc) is 2.77. The molecule has 7 heteroatoms. The van der Waals surface area contributed by atoms with Crippen molar-refractivity contribution in [2.75, 3.05) is 18.1 Å². The summed E-state index contributed by atoms with van der Waals surface area (Å²) in [5.41, 5.74) is 10.4. The number of nitrogens with zero attached hydrogens (tertiary/aromatic N) is 2. The molecule has 0 aliphatic carbocycles. The van der Waals surface area contributed by atoms with Crippen LogP contribution >= 0.6 is 11.6 Å². The second kappa shape index (κ2) is 14.0. The van der Waals surface area contributed by atoms with E-state index in [1.165, 1.54) is 0 Å². The maximum atomic E-state index is 13.1. The molecule has 0 atom stereocenters. The number of anilines is 1. The van der Waals surface area contributed by atoms with Crippen LogP contribution in [0.15, 0.2) is 64.8 Å². The summed E-state index contributed by atoms with van der Waals surface area (Å²) in [5, 5.41) is 0.579. The summed E-state index contributed by atoms with van der Waals surface area (Å²) >= 11 is 6.04. The number of benzene rings is 2. The summed E-state index contributed by atoms with van der Waals surface area (Å²) in [4.78, 5) is 28.6. The lowest BCUT2D eigenvalue weighted by atomic mass is 9.98. The van der Waals surface area contributed by atoms with Crippen LogP contribution in [0, 0.1) is 6.92 Å². The lowest BCUT2D eigenvalue weighted by molar-refractivity contribution is -0.128. The molecule has 3 rings (SSSR count). The van der Waals surface area contributed by atoms with Crippen LogP contribution in [0.3, 0.4) is 0 Å². The van der Waals surface area contributed by atoms with E-state index in [9.17, 15) is 9.59 Å². The van der Waals surface area contributed by atoms with Gasteiger partial charge in [-0.2, -0.15) is 0 Å². The molecule has 2 aromatic carbocycles. The van der Waals surface area contributed by atoms with Gasteiger partial charge in [-0.1, -0.05) is 43.6 Å². The van der Waals surface area contributed by atoms with Crippen molar-refractivity contribution >= 4 is 41.1 Å². The molecule has 1 amide bonds. The largest absolute Gasteiger partial charge is 0.468 e. The van der Waals surface area contributed by atoms with Gasteiger partial charge in [-0.15, -0.1) is 0 Å². The van der Waals surface area contributed by atoms with Gasteiger partial charge in [0.15, 0.2) is 0 Å². The smallest absolute Gasteiger partial charge is 0.293 e. The van der Waals surface area contributed by atoms with Gasteiger partial charge in [0.2, 0.25) is 0 Å². The summed E-state index contributed by atoms with van der Waals surface area (Å²) < 4.78 is 4.15. The number of allylic oxidation sites excluding steroid dienone is 1. The zero-order valence-corrected chi connectivity index (χ0v) is 20.1. The molecule has 0 unspecified atom stereocenters. The first-order chi connectivity index (χ1) is 15.4. The van der Waals surface area contributed by atoms with E-state index in [1.807, 2.05) is 57.2 Å². The highest BCUT2D eigenvalue weighted by atomic mass is 35.5. The van der Waals surface area contributed by atoms with Gasteiger partial charge in [-0.05, 0) is 63.1 Å². The Morgan fingerprint density at radius 2 is 1.91 bits per heavy atom. The molecular weight excluding hydrogens is 426 g/mol. The first kappa shape index (κ1) is 26.9. The van der Waals surface area contributed by atoms with E-state index < -0.39 is 0 Å². The SMILES string of the molecule is C/C(N)=C1\CCN(c2cccc(C)c2)C(=O)C1=Nc1cccc(Cl)c1.CC.CCOC=O. The van der Waals surface area contributed by atoms with Crippen molar-refractivity contribution in [2.45, 2.75) is 41.0 Å². The Bertz CT molecular complexity index is 966. The fourth-order valence-electron chi connectivity index (χ4n) is 2.98. The van der Waals surface area contributed by atoms with Crippen LogP contribution < -0.4 is 10.6 Å². The standard InChI is InChI=1S/C20H20ClN3O.C3H6O2.C2H6/c1-13-5-3-8-17(11-13)24-10-9-18(14(2)22)19(20(24)25)23-16-7-4-6-15(21)12-16;1-2-5-3-4;1-2/h3-8,11-12H,9-10,22H2,1-2H3;3H,2H2,1H3;1-2H3/b18-14-,23-19?;;. The van der Waals surface area contributed by atoms with E-state index in [-0.39, 0.29) is 5.91 Å².